The molecule has 1 aromatic heterocycles. The zero-order valence-corrected chi connectivity index (χ0v) is 10.9. The highest BCUT2D eigenvalue weighted by atomic mass is 35.5. The summed E-state index contributed by atoms with van der Waals surface area (Å²) in [5, 5.41) is 13.2. The maximum Gasteiger partial charge on any atom is 0.185 e. The van der Waals surface area contributed by atoms with Crippen molar-refractivity contribution < 1.29 is 5.11 Å². The van der Waals surface area contributed by atoms with Crippen molar-refractivity contribution in [1.82, 2.24) is 10.3 Å². The summed E-state index contributed by atoms with van der Waals surface area (Å²) in [5.74, 6) is 0. The zero-order chi connectivity index (χ0) is 10.6. The van der Waals surface area contributed by atoms with E-state index in [0.29, 0.717) is 6.54 Å². The molecule has 6 heteroatoms. The number of rotatable bonds is 5. The van der Waals surface area contributed by atoms with E-state index in [0.717, 1.165) is 11.7 Å². The number of anilines is 1. The normalized spacial score (nSPS) is 12.0. The second-order valence-corrected chi connectivity index (χ2v) is 4.58. The van der Waals surface area contributed by atoms with Gasteiger partial charge in [-0.15, -0.1) is 23.7 Å². The molecule has 15 heavy (non-hydrogen) atoms. The SMILES string of the molecule is CC(O)CNCc1cnc(N(C)C)s1.Cl. The van der Waals surface area contributed by atoms with Gasteiger partial charge in [0.2, 0.25) is 0 Å². The van der Waals surface area contributed by atoms with Gasteiger partial charge < -0.3 is 15.3 Å². The van der Waals surface area contributed by atoms with Crippen LogP contribution in [0.1, 0.15) is 11.8 Å². The summed E-state index contributed by atoms with van der Waals surface area (Å²) in [7, 11) is 3.96. The maximum atomic E-state index is 9.04. The van der Waals surface area contributed by atoms with Crippen LogP contribution in [-0.2, 0) is 6.54 Å². The molecule has 1 unspecified atom stereocenters. The number of aromatic nitrogens is 1. The minimum atomic E-state index is -0.295. The average Bonchev–Trinajstić information content (AvgIpc) is 2.52. The van der Waals surface area contributed by atoms with E-state index in [4.69, 9.17) is 5.11 Å². The molecule has 0 aliphatic heterocycles. The van der Waals surface area contributed by atoms with Gasteiger partial charge in [0.25, 0.3) is 0 Å². The lowest BCUT2D eigenvalue weighted by Gasteiger charge is -2.06. The average molecular weight is 252 g/mol. The van der Waals surface area contributed by atoms with Crippen LogP contribution in [0, 0.1) is 0 Å². The molecule has 1 heterocycles. The van der Waals surface area contributed by atoms with Gasteiger partial charge in [-0.1, -0.05) is 0 Å². The number of aliphatic hydroxyl groups excluding tert-OH is 1. The van der Waals surface area contributed by atoms with Crippen molar-refractivity contribution in [3.05, 3.63) is 11.1 Å². The monoisotopic (exact) mass is 251 g/mol. The number of nitrogens with zero attached hydrogens (tertiary/aromatic N) is 2. The second-order valence-electron chi connectivity index (χ2n) is 3.48. The first-order valence-electron chi connectivity index (χ1n) is 4.60. The minimum Gasteiger partial charge on any atom is -0.392 e. The largest absolute Gasteiger partial charge is 0.392 e. The number of aliphatic hydroxyl groups is 1. The molecule has 1 rings (SSSR count). The van der Waals surface area contributed by atoms with Crippen molar-refractivity contribution in [2.75, 3.05) is 25.5 Å². The number of thiazole rings is 1. The summed E-state index contributed by atoms with van der Waals surface area (Å²) in [6, 6.07) is 0. The van der Waals surface area contributed by atoms with Crippen molar-refractivity contribution in [3.8, 4) is 0 Å². The smallest absolute Gasteiger partial charge is 0.185 e. The van der Waals surface area contributed by atoms with Crippen LogP contribution < -0.4 is 10.2 Å². The van der Waals surface area contributed by atoms with Crippen LogP contribution in [-0.4, -0.2) is 36.8 Å². The van der Waals surface area contributed by atoms with E-state index in [1.165, 1.54) is 4.88 Å². The van der Waals surface area contributed by atoms with Gasteiger partial charge in [0.05, 0.1) is 6.10 Å². The fourth-order valence-electron chi connectivity index (χ4n) is 0.990. The Morgan fingerprint density at radius 3 is 2.73 bits per heavy atom. The summed E-state index contributed by atoms with van der Waals surface area (Å²) in [5.41, 5.74) is 0. The fourth-order valence-corrected chi connectivity index (χ4v) is 1.79. The van der Waals surface area contributed by atoms with Gasteiger partial charge in [0.15, 0.2) is 5.13 Å². The molecule has 4 nitrogen and oxygen atoms in total. The van der Waals surface area contributed by atoms with Gasteiger partial charge in [0, 0.05) is 38.3 Å². The molecular weight excluding hydrogens is 234 g/mol. The summed E-state index contributed by atoms with van der Waals surface area (Å²) < 4.78 is 0. The fraction of sp³-hybridized carbons (Fsp3) is 0.667. The van der Waals surface area contributed by atoms with Gasteiger partial charge in [0.1, 0.15) is 0 Å². The van der Waals surface area contributed by atoms with Crippen LogP contribution in [0.5, 0.6) is 0 Å². The van der Waals surface area contributed by atoms with Crippen molar-refractivity contribution in [3.63, 3.8) is 0 Å². The molecule has 0 spiro atoms. The molecule has 0 saturated heterocycles. The predicted octanol–water partition coefficient (Wildman–Crippen LogP) is 1.10. The zero-order valence-electron chi connectivity index (χ0n) is 9.23. The first-order chi connectivity index (χ1) is 6.59. The molecule has 0 bridgehead atoms. The highest BCUT2D eigenvalue weighted by Gasteiger charge is 2.03. The van der Waals surface area contributed by atoms with Gasteiger partial charge in [-0.2, -0.15) is 0 Å². The van der Waals surface area contributed by atoms with E-state index < -0.39 is 0 Å². The Morgan fingerprint density at radius 1 is 1.60 bits per heavy atom. The Morgan fingerprint density at radius 2 is 2.27 bits per heavy atom. The first-order valence-corrected chi connectivity index (χ1v) is 5.42. The molecule has 2 N–H and O–H groups in total. The number of nitrogens with one attached hydrogen (secondary N) is 1. The van der Waals surface area contributed by atoms with E-state index >= 15 is 0 Å². The topological polar surface area (TPSA) is 48.4 Å². The molecule has 1 aromatic rings. The molecule has 0 fully saturated rings. The van der Waals surface area contributed by atoms with Crippen molar-refractivity contribution >= 4 is 28.9 Å². The van der Waals surface area contributed by atoms with E-state index in [1.807, 2.05) is 25.2 Å². The van der Waals surface area contributed by atoms with Gasteiger partial charge in [-0.3, -0.25) is 0 Å². The standard InChI is InChI=1S/C9H17N3OS.ClH/c1-7(13)4-10-5-8-6-11-9(14-8)12(2)3;/h6-7,10,13H,4-5H2,1-3H3;1H. The summed E-state index contributed by atoms with van der Waals surface area (Å²) >= 11 is 1.66. The lowest BCUT2D eigenvalue weighted by Crippen LogP contribution is -2.23. The highest BCUT2D eigenvalue weighted by molar-refractivity contribution is 7.15. The maximum absolute atomic E-state index is 9.04. The predicted molar refractivity (Wildman–Crippen MR) is 67.1 cm³/mol. The Labute approximate surface area is 101 Å². The summed E-state index contributed by atoms with van der Waals surface area (Å²) in [6.45, 7) is 3.16. The van der Waals surface area contributed by atoms with Crippen LogP contribution in [0.2, 0.25) is 0 Å². The summed E-state index contributed by atoms with van der Waals surface area (Å²) in [4.78, 5) is 7.43. The molecule has 0 aliphatic rings. The Balaban J connectivity index is 0.00000196. The Hall–Kier alpha value is -0.360. The van der Waals surface area contributed by atoms with Crippen molar-refractivity contribution in [2.45, 2.75) is 19.6 Å². The van der Waals surface area contributed by atoms with E-state index in [9.17, 15) is 0 Å². The van der Waals surface area contributed by atoms with E-state index in [2.05, 4.69) is 10.3 Å². The first kappa shape index (κ1) is 14.6. The van der Waals surface area contributed by atoms with Gasteiger partial charge >= 0.3 is 0 Å². The third-order valence-electron chi connectivity index (χ3n) is 1.66. The molecule has 0 amide bonds. The van der Waals surface area contributed by atoms with Crippen LogP contribution in [0.25, 0.3) is 0 Å². The quantitative estimate of drug-likeness (QED) is 0.823. The van der Waals surface area contributed by atoms with Crippen molar-refractivity contribution in [1.29, 1.82) is 0 Å². The van der Waals surface area contributed by atoms with Crippen LogP contribution in [0.4, 0.5) is 5.13 Å². The van der Waals surface area contributed by atoms with Crippen LogP contribution in [0.15, 0.2) is 6.20 Å². The van der Waals surface area contributed by atoms with Crippen molar-refractivity contribution in [2.24, 2.45) is 0 Å². The van der Waals surface area contributed by atoms with Crippen LogP contribution >= 0.6 is 23.7 Å². The molecule has 88 valence electrons. The third-order valence-corrected chi connectivity index (χ3v) is 2.83. The van der Waals surface area contributed by atoms with Crippen LogP contribution in [0.3, 0.4) is 0 Å². The lowest BCUT2D eigenvalue weighted by molar-refractivity contribution is 0.191. The molecule has 0 radical (unpaired) electrons. The van der Waals surface area contributed by atoms with E-state index in [1.54, 1.807) is 18.3 Å². The molecular formula is C9H18ClN3OS. The number of hydrogen-bond donors (Lipinski definition) is 2. The number of hydrogen-bond acceptors (Lipinski definition) is 5. The Kier molecular flexibility index (Phi) is 6.84. The third kappa shape index (κ3) is 5.32. The van der Waals surface area contributed by atoms with Gasteiger partial charge in [-0.25, -0.2) is 4.98 Å². The summed E-state index contributed by atoms with van der Waals surface area (Å²) in [6.07, 6.45) is 1.57. The molecule has 0 aliphatic carbocycles. The number of halogens is 1. The van der Waals surface area contributed by atoms with Gasteiger partial charge in [-0.05, 0) is 6.92 Å². The lowest BCUT2D eigenvalue weighted by atomic mass is 10.4. The van der Waals surface area contributed by atoms with E-state index in [-0.39, 0.29) is 18.5 Å². The molecule has 1 atom stereocenters. The molecule has 0 saturated carbocycles. The minimum absolute atomic E-state index is 0. The molecule has 0 aromatic carbocycles. The Bertz CT molecular complexity index is 278. The highest BCUT2D eigenvalue weighted by Crippen LogP contribution is 2.19. The second kappa shape index (κ2) is 7.00.